The SMILES string of the molecule is c1ccc(-c2cc(-c3ccccc3)cc(-c3ccc4ccc(-c5ccc6ccc(-c7ccc8cc(-c9ccc%10ccc%11cccnc%11c%10n9)ccc8c7)nc6c5)nc4c3)c2)cc1. The summed E-state index contributed by atoms with van der Waals surface area (Å²) < 4.78 is 0. The Hall–Kier alpha value is -8.34. The van der Waals surface area contributed by atoms with Crippen LogP contribution in [-0.2, 0) is 0 Å². The number of fused-ring (bicyclic) bond motifs is 6. The fraction of sp³-hybridized carbons (Fsp3) is 0. The van der Waals surface area contributed by atoms with Crippen molar-refractivity contribution in [3.8, 4) is 67.2 Å². The Balaban J connectivity index is 0.862. The van der Waals surface area contributed by atoms with Gasteiger partial charge in [0.05, 0.1) is 39.1 Å². The van der Waals surface area contributed by atoms with Gasteiger partial charge in [0, 0.05) is 44.4 Å². The van der Waals surface area contributed by atoms with Gasteiger partial charge in [-0.15, -0.1) is 0 Å². The lowest BCUT2D eigenvalue weighted by Gasteiger charge is -2.12. The molecule has 4 nitrogen and oxygen atoms in total. The summed E-state index contributed by atoms with van der Waals surface area (Å²) in [7, 11) is 0. The molecule has 12 rings (SSSR count). The summed E-state index contributed by atoms with van der Waals surface area (Å²) in [5.41, 5.74) is 16.7. The Bertz CT molecular complexity index is 3630. The summed E-state index contributed by atoms with van der Waals surface area (Å²) in [5.74, 6) is 0. The molecular weight excluding hydrogens is 753 g/mol. The number of aromatic nitrogens is 4. The zero-order valence-corrected chi connectivity index (χ0v) is 33.6. The third-order valence-corrected chi connectivity index (χ3v) is 12.0. The molecule has 62 heavy (non-hydrogen) atoms. The standard InChI is InChI=1S/C58H36N4/c1-3-8-37(9-4-1)49-32-50(38-10-5-2-6-11-38)34-51(33-49)45-17-13-39-24-27-53(61-55(39)35-45)48-20-14-40-23-26-52(60-56(40)36-48)46-21-18-44-31-47(22-19-43(44)30-46)54-28-25-42-16-15-41-12-7-29-59-57(41)58(42)62-54/h1-36H. The van der Waals surface area contributed by atoms with Crippen molar-refractivity contribution in [3.63, 3.8) is 0 Å². The first-order chi connectivity index (χ1) is 30.6. The van der Waals surface area contributed by atoms with E-state index in [1.54, 1.807) is 0 Å². The van der Waals surface area contributed by atoms with Crippen LogP contribution in [0.15, 0.2) is 219 Å². The van der Waals surface area contributed by atoms with Crippen molar-refractivity contribution in [1.82, 2.24) is 19.9 Å². The molecule has 0 radical (unpaired) electrons. The summed E-state index contributed by atoms with van der Waals surface area (Å²) in [6.07, 6.45) is 1.83. The fourth-order valence-electron chi connectivity index (χ4n) is 8.73. The molecule has 0 unspecified atom stereocenters. The van der Waals surface area contributed by atoms with Crippen LogP contribution >= 0.6 is 0 Å². The smallest absolute Gasteiger partial charge is 0.0972 e. The predicted octanol–water partition coefficient (Wildman–Crippen LogP) is 15.0. The van der Waals surface area contributed by atoms with Gasteiger partial charge in [0.1, 0.15) is 0 Å². The molecular formula is C58H36N4. The normalized spacial score (nSPS) is 11.5. The highest BCUT2D eigenvalue weighted by molar-refractivity contribution is 6.03. The molecule has 288 valence electrons. The van der Waals surface area contributed by atoms with Gasteiger partial charge < -0.3 is 0 Å². The van der Waals surface area contributed by atoms with E-state index < -0.39 is 0 Å². The maximum atomic E-state index is 5.24. The molecule has 4 heterocycles. The highest BCUT2D eigenvalue weighted by atomic mass is 14.8. The van der Waals surface area contributed by atoms with Crippen molar-refractivity contribution in [2.75, 3.05) is 0 Å². The molecule has 0 aliphatic carbocycles. The number of benzene rings is 8. The summed E-state index contributed by atoms with van der Waals surface area (Å²) in [5, 5.41) is 6.67. The Morgan fingerprint density at radius 3 is 1.23 bits per heavy atom. The molecule has 8 aromatic carbocycles. The molecule has 0 N–H and O–H groups in total. The largest absolute Gasteiger partial charge is 0.254 e. The maximum absolute atomic E-state index is 5.24. The van der Waals surface area contributed by atoms with E-state index in [0.717, 1.165) is 99.3 Å². The molecule has 0 bridgehead atoms. The van der Waals surface area contributed by atoms with E-state index in [1.807, 2.05) is 12.3 Å². The average molecular weight is 789 g/mol. The zero-order chi connectivity index (χ0) is 41.0. The Labute approximate surface area is 358 Å². The van der Waals surface area contributed by atoms with E-state index in [1.165, 1.54) is 22.3 Å². The maximum Gasteiger partial charge on any atom is 0.0972 e. The molecule has 12 aromatic rings. The molecule has 0 atom stereocenters. The summed E-state index contributed by atoms with van der Waals surface area (Å²) >= 11 is 0. The predicted molar refractivity (Wildman–Crippen MR) is 258 cm³/mol. The minimum Gasteiger partial charge on any atom is -0.254 e. The Morgan fingerprint density at radius 1 is 0.226 bits per heavy atom. The fourth-order valence-corrected chi connectivity index (χ4v) is 8.73. The third-order valence-electron chi connectivity index (χ3n) is 12.0. The summed E-state index contributed by atoms with van der Waals surface area (Å²) in [6.45, 7) is 0. The molecule has 4 aromatic heterocycles. The van der Waals surface area contributed by atoms with Gasteiger partial charge in [0.15, 0.2) is 0 Å². The van der Waals surface area contributed by atoms with E-state index in [-0.39, 0.29) is 0 Å². The van der Waals surface area contributed by atoms with E-state index in [4.69, 9.17) is 15.0 Å². The van der Waals surface area contributed by atoms with Crippen LogP contribution in [0, 0.1) is 0 Å². The quantitative estimate of drug-likeness (QED) is 0.158. The number of hydrogen-bond donors (Lipinski definition) is 0. The minimum absolute atomic E-state index is 0.915. The van der Waals surface area contributed by atoms with E-state index in [9.17, 15) is 0 Å². The number of pyridine rings is 4. The van der Waals surface area contributed by atoms with E-state index in [0.29, 0.717) is 0 Å². The van der Waals surface area contributed by atoms with Gasteiger partial charge >= 0.3 is 0 Å². The average Bonchev–Trinajstić information content (AvgIpc) is 3.35. The second-order valence-electron chi connectivity index (χ2n) is 15.9. The first-order valence-electron chi connectivity index (χ1n) is 20.9. The van der Waals surface area contributed by atoms with Gasteiger partial charge in [-0.1, -0.05) is 146 Å². The monoisotopic (exact) mass is 788 g/mol. The van der Waals surface area contributed by atoms with Gasteiger partial charge in [-0.2, -0.15) is 0 Å². The molecule has 4 heteroatoms. The van der Waals surface area contributed by atoms with Crippen LogP contribution in [0.25, 0.3) is 122 Å². The van der Waals surface area contributed by atoms with Crippen LogP contribution in [-0.4, -0.2) is 19.9 Å². The number of rotatable bonds is 6. The van der Waals surface area contributed by atoms with Gasteiger partial charge in [-0.05, 0) is 111 Å². The molecule has 0 amide bonds. The molecule has 0 spiro atoms. The van der Waals surface area contributed by atoms with Crippen molar-refractivity contribution < 1.29 is 0 Å². The minimum atomic E-state index is 0.915. The molecule has 0 fully saturated rings. The van der Waals surface area contributed by atoms with Gasteiger partial charge in [0.25, 0.3) is 0 Å². The second-order valence-corrected chi connectivity index (χ2v) is 15.9. The lowest BCUT2D eigenvalue weighted by atomic mass is 9.93. The van der Waals surface area contributed by atoms with Crippen molar-refractivity contribution in [1.29, 1.82) is 0 Å². The second kappa shape index (κ2) is 14.7. The van der Waals surface area contributed by atoms with E-state index >= 15 is 0 Å². The zero-order valence-electron chi connectivity index (χ0n) is 33.6. The van der Waals surface area contributed by atoms with Crippen LogP contribution in [0.5, 0.6) is 0 Å². The summed E-state index contributed by atoms with van der Waals surface area (Å²) in [4.78, 5) is 20.2. The lowest BCUT2D eigenvalue weighted by Crippen LogP contribution is -1.90. The third kappa shape index (κ3) is 6.51. The highest BCUT2D eigenvalue weighted by Crippen LogP contribution is 2.36. The van der Waals surface area contributed by atoms with Crippen molar-refractivity contribution in [2.45, 2.75) is 0 Å². The van der Waals surface area contributed by atoms with Crippen molar-refractivity contribution in [3.05, 3.63) is 219 Å². The van der Waals surface area contributed by atoms with E-state index in [2.05, 4.69) is 211 Å². The Kier molecular flexibility index (Phi) is 8.46. The summed E-state index contributed by atoms with van der Waals surface area (Å²) in [6, 6.07) is 75.3. The lowest BCUT2D eigenvalue weighted by molar-refractivity contribution is 1.37. The first kappa shape index (κ1) is 35.6. The highest BCUT2D eigenvalue weighted by Gasteiger charge is 2.12. The van der Waals surface area contributed by atoms with Crippen molar-refractivity contribution in [2.24, 2.45) is 0 Å². The van der Waals surface area contributed by atoms with Crippen LogP contribution in [0.4, 0.5) is 0 Å². The van der Waals surface area contributed by atoms with Crippen molar-refractivity contribution >= 4 is 54.4 Å². The van der Waals surface area contributed by atoms with Gasteiger partial charge in [-0.3, -0.25) is 4.98 Å². The molecule has 0 saturated carbocycles. The van der Waals surface area contributed by atoms with Crippen LogP contribution < -0.4 is 0 Å². The number of nitrogens with zero attached hydrogens (tertiary/aromatic N) is 4. The first-order valence-corrected chi connectivity index (χ1v) is 20.9. The Morgan fingerprint density at radius 2 is 0.645 bits per heavy atom. The topological polar surface area (TPSA) is 51.6 Å². The van der Waals surface area contributed by atoms with Crippen LogP contribution in [0.2, 0.25) is 0 Å². The van der Waals surface area contributed by atoms with Crippen LogP contribution in [0.3, 0.4) is 0 Å². The number of hydrogen-bond acceptors (Lipinski definition) is 4. The van der Waals surface area contributed by atoms with Crippen LogP contribution in [0.1, 0.15) is 0 Å². The van der Waals surface area contributed by atoms with Gasteiger partial charge in [-0.25, -0.2) is 15.0 Å². The molecule has 0 aliphatic rings. The molecule has 0 saturated heterocycles. The molecule has 0 aliphatic heterocycles. The van der Waals surface area contributed by atoms with Gasteiger partial charge in [0.2, 0.25) is 0 Å².